The maximum Gasteiger partial charge on any atom is 0.0738 e. The van der Waals surface area contributed by atoms with Crippen LogP contribution in [0.3, 0.4) is 0 Å². The van der Waals surface area contributed by atoms with E-state index in [-0.39, 0.29) is 6.04 Å². The Labute approximate surface area is 128 Å². The molecule has 0 saturated carbocycles. The third kappa shape index (κ3) is 2.81. The van der Waals surface area contributed by atoms with E-state index in [1.165, 1.54) is 0 Å². The van der Waals surface area contributed by atoms with Crippen LogP contribution in [0.4, 0.5) is 0 Å². The number of halogens is 1. The molecule has 110 valence electrons. The van der Waals surface area contributed by atoms with E-state index in [2.05, 4.69) is 46.0 Å². The molecule has 1 unspecified atom stereocenters. The molecule has 0 aliphatic carbocycles. The van der Waals surface area contributed by atoms with Crippen molar-refractivity contribution in [2.45, 2.75) is 46.2 Å². The van der Waals surface area contributed by atoms with Crippen LogP contribution in [-0.4, -0.2) is 19.6 Å². The van der Waals surface area contributed by atoms with Crippen molar-refractivity contribution >= 4 is 15.9 Å². The van der Waals surface area contributed by atoms with Gasteiger partial charge < -0.3 is 5.73 Å². The fourth-order valence-corrected chi connectivity index (χ4v) is 2.92. The summed E-state index contributed by atoms with van der Waals surface area (Å²) in [5, 5.41) is 8.98. The van der Waals surface area contributed by atoms with E-state index in [9.17, 15) is 0 Å². The van der Waals surface area contributed by atoms with Crippen molar-refractivity contribution in [2.75, 3.05) is 0 Å². The fraction of sp³-hybridized carbons (Fsp3) is 0.571. The Kier molecular flexibility index (Phi) is 4.65. The third-order valence-electron chi connectivity index (χ3n) is 3.58. The number of nitrogens with zero attached hydrogens (tertiary/aromatic N) is 4. The van der Waals surface area contributed by atoms with E-state index in [0.717, 1.165) is 46.6 Å². The molecule has 0 amide bonds. The Bertz CT molecular complexity index is 599. The average Bonchev–Trinajstić information content (AvgIpc) is 2.95. The molecule has 5 nitrogen and oxygen atoms in total. The van der Waals surface area contributed by atoms with Crippen LogP contribution in [-0.2, 0) is 26.4 Å². The highest BCUT2D eigenvalue weighted by Crippen LogP contribution is 2.25. The molecule has 2 rings (SSSR count). The van der Waals surface area contributed by atoms with Crippen LogP contribution < -0.4 is 5.73 Å². The second-order valence-electron chi connectivity index (χ2n) is 5.01. The summed E-state index contributed by atoms with van der Waals surface area (Å²) in [5.74, 6) is 0. The Morgan fingerprint density at radius 2 is 2.05 bits per heavy atom. The van der Waals surface area contributed by atoms with Crippen molar-refractivity contribution in [1.82, 2.24) is 19.6 Å². The predicted octanol–water partition coefficient (Wildman–Crippen LogP) is 2.51. The van der Waals surface area contributed by atoms with Gasteiger partial charge in [-0.1, -0.05) is 6.92 Å². The van der Waals surface area contributed by atoms with Crippen LogP contribution in [0.1, 0.15) is 42.7 Å². The first-order valence-corrected chi connectivity index (χ1v) is 7.77. The van der Waals surface area contributed by atoms with Gasteiger partial charge in [0.05, 0.1) is 33.3 Å². The van der Waals surface area contributed by atoms with Crippen molar-refractivity contribution in [1.29, 1.82) is 0 Å². The van der Waals surface area contributed by atoms with Crippen LogP contribution in [0, 0.1) is 6.92 Å². The average molecular weight is 340 g/mol. The van der Waals surface area contributed by atoms with Gasteiger partial charge in [-0.2, -0.15) is 10.2 Å². The number of nitrogens with two attached hydrogens (primary N) is 1. The maximum atomic E-state index is 6.40. The van der Waals surface area contributed by atoms with Crippen LogP contribution in [0.2, 0.25) is 0 Å². The molecular formula is C14H22BrN5. The van der Waals surface area contributed by atoms with E-state index in [4.69, 9.17) is 5.73 Å². The molecule has 0 aromatic carbocycles. The van der Waals surface area contributed by atoms with Gasteiger partial charge in [-0.05, 0) is 42.3 Å². The number of hydrogen-bond donors (Lipinski definition) is 1. The van der Waals surface area contributed by atoms with E-state index in [0.29, 0.717) is 0 Å². The molecule has 0 radical (unpaired) electrons. The summed E-state index contributed by atoms with van der Waals surface area (Å²) < 4.78 is 4.95. The zero-order valence-electron chi connectivity index (χ0n) is 12.5. The van der Waals surface area contributed by atoms with Gasteiger partial charge in [0.1, 0.15) is 0 Å². The molecular weight excluding hydrogens is 318 g/mol. The van der Waals surface area contributed by atoms with E-state index in [1.807, 2.05) is 23.3 Å². The second-order valence-corrected chi connectivity index (χ2v) is 5.80. The first-order chi connectivity index (χ1) is 9.47. The van der Waals surface area contributed by atoms with E-state index >= 15 is 0 Å². The van der Waals surface area contributed by atoms with Gasteiger partial charge in [-0.3, -0.25) is 9.36 Å². The fourth-order valence-electron chi connectivity index (χ4n) is 2.43. The number of rotatable bonds is 5. The molecule has 20 heavy (non-hydrogen) atoms. The molecule has 2 N–H and O–H groups in total. The Morgan fingerprint density at radius 3 is 2.55 bits per heavy atom. The van der Waals surface area contributed by atoms with E-state index in [1.54, 1.807) is 0 Å². The molecule has 0 spiro atoms. The normalized spacial score (nSPS) is 12.9. The minimum Gasteiger partial charge on any atom is -0.322 e. The van der Waals surface area contributed by atoms with E-state index < -0.39 is 0 Å². The zero-order chi connectivity index (χ0) is 14.9. The number of aryl methyl sites for hydroxylation is 4. The maximum absolute atomic E-state index is 6.40. The van der Waals surface area contributed by atoms with Gasteiger partial charge in [0.2, 0.25) is 0 Å². The summed E-state index contributed by atoms with van der Waals surface area (Å²) in [6.45, 7) is 7.03. The van der Waals surface area contributed by atoms with Gasteiger partial charge in [0.25, 0.3) is 0 Å². The SMILES string of the molecule is CCc1cc(C(N)Cc2c(Br)c(C)nn2C)n(CC)n1. The molecule has 0 saturated heterocycles. The van der Waals surface area contributed by atoms with Crippen molar-refractivity contribution in [2.24, 2.45) is 12.8 Å². The topological polar surface area (TPSA) is 61.7 Å². The lowest BCUT2D eigenvalue weighted by Crippen LogP contribution is -2.19. The zero-order valence-corrected chi connectivity index (χ0v) is 14.1. The van der Waals surface area contributed by atoms with Crippen molar-refractivity contribution in [3.8, 4) is 0 Å². The Hall–Kier alpha value is -1.14. The lowest BCUT2D eigenvalue weighted by atomic mass is 10.1. The molecule has 0 fully saturated rings. The Morgan fingerprint density at radius 1 is 1.35 bits per heavy atom. The van der Waals surface area contributed by atoms with Crippen molar-refractivity contribution in [3.63, 3.8) is 0 Å². The Balaban J connectivity index is 2.27. The first-order valence-electron chi connectivity index (χ1n) is 6.98. The highest BCUT2D eigenvalue weighted by Gasteiger charge is 2.19. The van der Waals surface area contributed by atoms with Crippen molar-refractivity contribution in [3.05, 3.63) is 33.3 Å². The molecule has 2 heterocycles. The summed E-state index contributed by atoms with van der Waals surface area (Å²) in [6.07, 6.45) is 1.67. The predicted molar refractivity (Wildman–Crippen MR) is 83.6 cm³/mol. The number of hydrogen-bond acceptors (Lipinski definition) is 3. The second kappa shape index (κ2) is 6.10. The van der Waals surface area contributed by atoms with Gasteiger partial charge in [0, 0.05) is 20.0 Å². The van der Waals surface area contributed by atoms with Crippen LogP contribution >= 0.6 is 15.9 Å². The van der Waals surface area contributed by atoms with Gasteiger partial charge in [0.15, 0.2) is 0 Å². The summed E-state index contributed by atoms with van der Waals surface area (Å²) >= 11 is 3.60. The number of aromatic nitrogens is 4. The molecule has 2 aromatic rings. The molecule has 2 aromatic heterocycles. The van der Waals surface area contributed by atoms with Crippen molar-refractivity contribution < 1.29 is 0 Å². The minimum atomic E-state index is -0.0751. The molecule has 0 aliphatic heterocycles. The summed E-state index contributed by atoms with van der Waals surface area (Å²) in [5.41, 5.74) is 10.7. The molecule has 0 aliphatic rings. The van der Waals surface area contributed by atoms with Crippen LogP contribution in [0.5, 0.6) is 0 Å². The lowest BCUT2D eigenvalue weighted by Gasteiger charge is -2.13. The highest BCUT2D eigenvalue weighted by molar-refractivity contribution is 9.10. The third-order valence-corrected chi connectivity index (χ3v) is 4.61. The van der Waals surface area contributed by atoms with Gasteiger partial charge >= 0.3 is 0 Å². The largest absolute Gasteiger partial charge is 0.322 e. The standard InChI is InChI=1S/C14H22BrN5/c1-5-10-7-12(20(6-2)18-10)11(16)8-13-14(15)9(3)17-19(13)4/h7,11H,5-6,8,16H2,1-4H3. The summed E-state index contributed by atoms with van der Waals surface area (Å²) in [6, 6.07) is 2.04. The highest BCUT2D eigenvalue weighted by atomic mass is 79.9. The molecule has 1 atom stereocenters. The van der Waals surface area contributed by atoms with Gasteiger partial charge in [-0.25, -0.2) is 0 Å². The summed E-state index contributed by atoms with van der Waals surface area (Å²) in [4.78, 5) is 0. The van der Waals surface area contributed by atoms with Crippen LogP contribution in [0.25, 0.3) is 0 Å². The lowest BCUT2D eigenvalue weighted by molar-refractivity contribution is 0.551. The monoisotopic (exact) mass is 339 g/mol. The van der Waals surface area contributed by atoms with Crippen LogP contribution in [0.15, 0.2) is 10.5 Å². The summed E-state index contributed by atoms with van der Waals surface area (Å²) in [7, 11) is 1.95. The smallest absolute Gasteiger partial charge is 0.0738 e. The van der Waals surface area contributed by atoms with Gasteiger partial charge in [-0.15, -0.1) is 0 Å². The minimum absolute atomic E-state index is 0.0751. The quantitative estimate of drug-likeness (QED) is 0.910. The molecule has 6 heteroatoms. The molecule has 0 bridgehead atoms. The first kappa shape index (κ1) is 15.3.